The monoisotopic (exact) mass is 307 g/mol. The minimum Gasteiger partial charge on any atom is -0.462 e. The third kappa shape index (κ3) is 4.84. The zero-order valence-electron chi connectivity index (χ0n) is 13.5. The van der Waals surface area contributed by atoms with Gasteiger partial charge in [0.05, 0.1) is 12.2 Å². The van der Waals surface area contributed by atoms with E-state index in [2.05, 4.69) is 5.32 Å². The lowest BCUT2D eigenvalue weighted by molar-refractivity contribution is -0.135. The van der Waals surface area contributed by atoms with E-state index < -0.39 is 17.5 Å². The topological polar surface area (TPSA) is 75.6 Å². The largest absolute Gasteiger partial charge is 0.462 e. The van der Waals surface area contributed by atoms with Crippen molar-refractivity contribution in [3.63, 3.8) is 0 Å². The fraction of sp³-hybridized carbons (Fsp3) is 0.529. The minimum absolute atomic E-state index is 0.318. The van der Waals surface area contributed by atoms with Crippen LogP contribution in [0.4, 0.5) is 5.69 Å². The van der Waals surface area contributed by atoms with Crippen molar-refractivity contribution in [3.8, 4) is 0 Å². The van der Waals surface area contributed by atoms with Crippen LogP contribution < -0.4 is 5.32 Å². The maximum absolute atomic E-state index is 12.2. The third-order valence-corrected chi connectivity index (χ3v) is 3.61. The average Bonchev–Trinajstić information content (AvgIpc) is 2.53. The third-order valence-electron chi connectivity index (χ3n) is 3.61. The van der Waals surface area contributed by atoms with Crippen molar-refractivity contribution in [2.75, 3.05) is 11.9 Å². The Bertz CT molecular complexity index is 498. The summed E-state index contributed by atoms with van der Waals surface area (Å²) < 4.78 is 4.90. The van der Waals surface area contributed by atoms with E-state index in [4.69, 9.17) is 4.74 Å². The van der Waals surface area contributed by atoms with Gasteiger partial charge >= 0.3 is 5.97 Å². The van der Waals surface area contributed by atoms with Gasteiger partial charge in [-0.15, -0.1) is 0 Å². The highest BCUT2D eigenvalue weighted by Gasteiger charge is 2.33. The molecule has 0 aliphatic rings. The number of benzene rings is 1. The number of aliphatic hydroxyl groups is 1. The Morgan fingerprint density at radius 2 is 1.82 bits per heavy atom. The van der Waals surface area contributed by atoms with Crippen LogP contribution in [0.15, 0.2) is 24.3 Å². The van der Waals surface area contributed by atoms with E-state index in [-0.39, 0.29) is 0 Å². The van der Waals surface area contributed by atoms with Gasteiger partial charge in [-0.05, 0) is 44.0 Å². The molecule has 0 heterocycles. The Labute approximate surface area is 131 Å². The van der Waals surface area contributed by atoms with Crippen molar-refractivity contribution in [2.24, 2.45) is 0 Å². The van der Waals surface area contributed by atoms with Gasteiger partial charge in [-0.25, -0.2) is 4.79 Å². The van der Waals surface area contributed by atoms with Crippen LogP contribution in [0.2, 0.25) is 0 Å². The van der Waals surface area contributed by atoms with Crippen LogP contribution in [-0.2, 0) is 9.53 Å². The highest BCUT2D eigenvalue weighted by Crippen LogP contribution is 2.21. The molecule has 0 unspecified atom stereocenters. The number of rotatable bonds is 8. The van der Waals surface area contributed by atoms with E-state index in [1.807, 2.05) is 6.92 Å². The van der Waals surface area contributed by atoms with Crippen molar-refractivity contribution in [3.05, 3.63) is 29.8 Å². The molecule has 1 aromatic rings. The highest BCUT2D eigenvalue weighted by atomic mass is 16.5. The first-order chi connectivity index (χ1) is 10.5. The van der Waals surface area contributed by atoms with E-state index in [0.29, 0.717) is 30.7 Å². The first-order valence-electron chi connectivity index (χ1n) is 7.77. The Morgan fingerprint density at radius 3 is 2.32 bits per heavy atom. The molecule has 0 saturated heterocycles. The summed E-state index contributed by atoms with van der Waals surface area (Å²) in [7, 11) is 0. The first-order valence-corrected chi connectivity index (χ1v) is 7.77. The van der Waals surface area contributed by atoms with Crippen molar-refractivity contribution >= 4 is 17.6 Å². The summed E-state index contributed by atoms with van der Waals surface area (Å²) in [5, 5.41) is 13.1. The van der Waals surface area contributed by atoms with Gasteiger partial charge in [-0.3, -0.25) is 4.79 Å². The summed E-state index contributed by atoms with van der Waals surface area (Å²) in [6.07, 6.45) is 2.51. The molecule has 0 aliphatic carbocycles. The fourth-order valence-electron chi connectivity index (χ4n) is 2.07. The molecule has 5 nitrogen and oxygen atoms in total. The number of hydrogen-bond acceptors (Lipinski definition) is 4. The van der Waals surface area contributed by atoms with Crippen LogP contribution >= 0.6 is 0 Å². The number of amides is 1. The molecule has 1 amide bonds. The normalized spacial score (nSPS) is 13.3. The predicted octanol–water partition coefficient (Wildman–Crippen LogP) is 3.13. The molecule has 2 N–H and O–H groups in total. The zero-order chi connectivity index (χ0) is 16.6. The second kappa shape index (κ2) is 8.54. The lowest BCUT2D eigenvalue weighted by Crippen LogP contribution is -2.42. The summed E-state index contributed by atoms with van der Waals surface area (Å²) in [6, 6.07) is 6.43. The SMILES string of the molecule is CCCC[C@@](O)(CC)C(=O)Nc1ccc(C(=O)OCC)cc1. The second-order valence-electron chi connectivity index (χ2n) is 5.24. The molecule has 0 spiro atoms. The standard InChI is InChI=1S/C17H25NO4/c1-4-7-12-17(21,5-2)16(20)18-14-10-8-13(9-11-14)15(19)22-6-3/h8-11,21H,4-7,12H2,1-3H3,(H,18,20)/t17-/m0/s1. The molecule has 1 atom stereocenters. The number of esters is 1. The van der Waals surface area contributed by atoms with Crippen LogP contribution in [0.3, 0.4) is 0 Å². The van der Waals surface area contributed by atoms with E-state index in [1.54, 1.807) is 38.1 Å². The molecule has 1 rings (SSSR count). The van der Waals surface area contributed by atoms with Gasteiger partial charge < -0.3 is 15.2 Å². The van der Waals surface area contributed by atoms with Gasteiger partial charge in [0.2, 0.25) is 0 Å². The van der Waals surface area contributed by atoms with Crippen LogP contribution in [0.1, 0.15) is 56.8 Å². The number of unbranched alkanes of at least 4 members (excludes halogenated alkanes) is 1. The molecule has 0 aromatic heterocycles. The maximum Gasteiger partial charge on any atom is 0.338 e. The number of anilines is 1. The molecule has 122 valence electrons. The minimum atomic E-state index is -1.35. The van der Waals surface area contributed by atoms with E-state index in [9.17, 15) is 14.7 Å². The van der Waals surface area contributed by atoms with E-state index >= 15 is 0 Å². The number of carbonyl (C=O) groups is 2. The summed E-state index contributed by atoms with van der Waals surface area (Å²) in [5.74, 6) is -0.805. The summed E-state index contributed by atoms with van der Waals surface area (Å²) in [4.78, 5) is 23.8. The van der Waals surface area contributed by atoms with Crippen LogP contribution in [-0.4, -0.2) is 29.2 Å². The van der Waals surface area contributed by atoms with Crippen molar-refractivity contribution in [1.82, 2.24) is 0 Å². The molecule has 0 bridgehead atoms. The Hall–Kier alpha value is -1.88. The van der Waals surface area contributed by atoms with Gasteiger partial charge in [0.15, 0.2) is 0 Å². The molecule has 0 fully saturated rings. The molecule has 1 aromatic carbocycles. The molecule has 22 heavy (non-hydrogen) atoms. The van der Waals surface area contributed by atoms with Crippen LogP contribution in [0, 0.1) is 0 Å². The average molecular weight is 307 g/mol. The molecule has 0 saturated carbocycles. The van der Waals surface area contributed by atoms with Crippen molar-refractivity contribution in [2.45, 2.75) is 52.1 Å². The zero-order valence-corrected chi connectivity index (χ0v) is 13.5. The van der Waals surface area contributed by atoms with E-state index in [0.717, 1.165) is 12.8 Å². The smallest absolute Gasteiger partial charge is 0.338 e. The van der Waals surface area contributed by atoms with Gasteiger partial charge in [0, 0.05) is 5.69 Å². The lowest BCUT2D eigenvalue weighted by atomic mass is 9.93. The summed E-state index contributed by atoms with van der Waals surface area (Å²) in [6.45, 7) is 5.87. The number of carbonyl (C=O) groups excluding carboxylic acids is 2. The maximum atomic E-state index is 12.2. The number of nitrogens with one attached hydrogen (secondary N) is 1. The molecule has 5 heteroatoms. The lowest BCUT2D eigenvalue weighted by Gasteiger charge is -2.25. The highest BCUT2D eigenvalue weighted by molar-refractivity contribution is 5.97. The summed E-state index contributed by atoms with van der Waals surface area (Å²) >= 11 is 0. The van der Waals surface area contributed by atoms with Gasteiger partial charge in [-0.1, -0.05) is 26.7 Å². The van der Waals surface area contributed by atoms with Gasteiger partial charge in [0.1, 0.15) is 5.60 Å². The first kappa shape index (κ1) is 18.2. The van der Waals surface area contributed by atoms with Crippen LogP contribution in [0.5, 0.6) is 0 Å². The Kier molecular flexibility index (Phi) is 7.05. The van der Waals surface area contributed by atoms with Crippen molar-refractivity contribution < 1.29 is 19.4 Å². The predicted molar refractivity (Wildman–Crippen MR) is 85.8 cm³/mol. The Balaban J connectivity index is 2.73. The number of ether oxygens (including phenoxy) is 1. The second-order valence-corrected chi connectivity index (χ2v) is 5.24. The fourth-order valence-corrected chi connectivity index (χ4v) is 2.07. The van der Waals surface area contributed by atoms with Gasteiger partial charge in [-0.2, -0.15) is 0 Å². The van der Waals surface area contributed by atoms with Gasteiger partial charge in [0.25, 0.3) is 5.91 Å². The molecular formula is C17H25NO4. The molecular weight excluding hydrogens is 282 g/mol. The van der Waals surface area contributed by atoms with Crippen molar-refractivity contribution in [1.29, 1.82) is 0 Å². The quantitative estimate of drug-likeness (QED) is 0.723. The molecule has 0 aliphatic heterocycles. The van der Waals surface area contributed by atoms with Crippen LogP contribution in [0.25, 0.3) is 0 Å². The Morgan fingerprint density at radius 1 is 1.18 bits per heavy atom. The molecule has 0 radical (unpaired) electrons. The number of hydrogen-bond donors (Lipinski definition) is 2. The summed E-state index contributed by atoms with van der Waals surface area (Å²) in [5.41, 5.74) is -0.381. The van der Waals surface area contributed by atoms with E-state index in [1.165, 1.54) is 0 Å².